The normalized spacial score (nSPS) is 13.3. The third-order valence-electron chi connectivity index (χ3n) is 2.91. The molecular formula is C14H31NO4. The fourth-order valence-corrected chi connectivity index (χ4v) is 1.84. The molecule has 0 N–H and O–H groups in total. The van der Waals surface area contributed by atoms with Gasteiger partial charge in [-0.2, -0.15) is 0 Å². The Balaban J connectivity index is 0. The van der Waals surface area contributed by atoms with E-state index in [1.807, 2.05) is 0 Å². The first-order valence-electron chi connectivity index (χ1n) is 6.97. The Kier molecular flexibility index (Phi) is 15.0. The highest BCUT2D eigenvalue weighted by Crippen LogP contribution is 2.06. The van der Waals surface area contributed by atoms with Crippen molar-refractivity contribution in [2.75, 3.05) is 54.1 Å². The minimum absolute atomic E-state index is 0.319. The van der Waals surface area contributed by atoms with Gasteiger partial charge in [0.05, 0.1) is 39.3 Å². The SMILES string of the molecule is CCCC[N+](C)(CCC)CCOC.COCC(=O)[O-]. The molecule has 0 saturated carbocycles. The number of carboxylic acid groups (broad SMARTS) is 1. The lowest BCUT2D eigenvalue weighted by Crippen LogP contribution is -2.47. The van der Waals surface area contributed by atoms with Crippen molar-refractivity contribution in [1.29, 1.82) is 0 Å². The minimum Gasteiger partial charge on any atom is -0.548 e. The highest BCUT2D eigenvalue weighted by atomic mass is 16.5. The number of ether oxygens (including phenoxy) is 2. The van der Waals surface area contributed by atoms with Gasteiger partial charge in [0.25, 0.3) is 0 Å². The summed E-state index contributed by atoms with van der Waals surface area (Å²) in [6, 6.07) is 0. The highest BCUT2D eigenvalue weighted by Gasteiger charge is 2.18. The van der Waals surface area contributed by atoms with Crippen LogP contribution in [0.5, 0.6) is 0 Å². The number of rotatable bonds is 10. The monoisotopic (exact) mass is 277 g/mol. The summed E-state index contributed by atoms with van der Waals surface area (Å²) in [4.78, 5) is 9.36. The molecule has 1 atom stereocenters. The molecule has 0 amide bonds. The number of carboxylic acids is 1. The van der Waals surface area contributed by atoms with Crippen LogP contribution in [-0.2, 0) is 14.3 Å². The van der Waals surface area contributed by atoms with Crippen LogP contribution >= 0.6 is 0 Å². The van der Waals surface area contributed by atoms with Crippen molar-refractivity contribution in [2.24, 2.45) is 0 Å². The molecule has 0 bridgehead atoms. The highest BCUT2D eigenvalue weighted by molar-refractivity contribution is 5.65. The molecule has 5 nitrogen and oxygen atoms in total. The quantitative estimate of drug-likeness (QED) is 0.551. The minimum atomic E-state index is -1.18. The molecule has 0 heterocycles. The number of likely N-dealkylation sites (N-methyl/N-ethyl adjacent to an activating group) is 1. The van der Waals surface area contributed by atoms with Crippen LogP contribution in [0.4, 0.5) is 0 Å². The third-order valence-corrected chi connectivity index (χ3v) is 2.91. The number of carbonyl (C=O) groups is 1. The van der Waals surface area contributed by atoms with Crippen LogP contribution in [0.25, 0.3) is 0 Å². The van der Waals surface area contributed by atoms with E-state index in [0.717, 1.165) is 13.2 Å². The molecule has 0 saturated heterocycles. The molecule has 0 aliphatic carbocycles. The van der Waals surface area contributed by atoms with Gasteiger partial charge < -0.3 is 23.9 Å². The van der Waals surface area contributed by atoms with E-state index in [1.54, 1.807) is 7.11 Å². The Labute approximate surface area is 118 Å². The molecule has 0 aromatic carbocycles. The second kappa shape index (κ2) is 13.8. The van der Waals surface area contributed by atoms with Crippen LogP contribution in [0.3, 0.4) is 0 Å². The van der Waals surface area contributed by atoms with Gasteiger partial charge in [-0.1, -0.05) is 20.3 Å². The van der Waals surface area contributed by atoms with Gasteiger partial charge in [-0.05, 0) is 12.8 Å². The van der Waals surface area contributed by atoms with Gasteiger partial charge in [0.1, 0.15) is 6.54 Å². The molecule has 0 radical (unpaired) electrons. The predicted molar refractivity (Wildman–Crippen MR) is 74.7 cm³/mol. The molecular weight excluding hydrogens is 246 g/mol. The van der Waals surface area contributed by atoms with Crippen LogP contribution in [0, 0.1) is 0 Å². The topological polar surface area (TPSA) is 58.6 Å². The van der Waals surface area contributed by atoms with Crippen molar-refractivity contribution in [1.82, 2.24) is 0 Å². The standard InChI is InChI=1S/C11H26NO.C3H6O3/c1-5-7-9-12(3,8-6-2)10-11-13-4;1-6-2-3(4)5/h5-11H2,1-4H3;2H2,1H3,(H,4,5)/q+1;/p-1. The maximum atomic E-state index is 9.36. The van der Waals surface area contributed by atoms with E-state index in [9.17, 15) is 9.90 Å². The van der Waals surface area contributed by atoms with E-state index in [-0.39, 0.29) is 6.61 Å². The second-order valence-electron chi connectivity index (χ2n) is 4.94. The number of hydrogen-bond donors (Lipinski definition) is 0. The lowest BCUT2D eigenvalue weighted by molar-refractivity contribution is -0.910. The molecule has 19 heavy (non-hydrogen) atoms. The van der Waals surface area contributed by atoms with E-state index in [1.165, 1.54) is 43.9 Å². The van der Waals surface area contributed by atoms with Gasteiger partial charge in [-0.3, -0.25) is 0 Å². The van der Waals surface area contributed by atoms with Gasteiger partial charge in [0.15, 0.2) is 0 Å². The van der Waals surface area contributed by atoms with Crippen molar-refractivity contribution in [3.63, 3.8) is 0 Å². The predicted octanol–water partition coefficient (Wildman–Crippen LogP) is 0.672. The molecule has 0 spiro atoms. The zero-order chi connectivity index (χ0) is 15.1. The average Bonchev–Trinajstić information content (AvgIpc) is 2.35. The number of aliphatic carboxylic acids is 1. The van der Waals surface area contributed by atoms with E-state index < -0.39 is 5.97 Å². The average molecular weight is 277 g/mol. The molecule has 116 valence electrons. The molecule has 0 rings (SSSR count). The Morgan fingerprint density at radius 1 is 1.05 bits per heavy atom. The maximum Gasteiger partial charge on any atom is 0.102 e. The van der Waals surface area contributed by atoms with Crippen molar-refractivity contribution < 1.29 is 23.9 Å². The number of carbonyl (C=O) groups excluding carboxylic acids is 1. The largest absolute Gasteiger partial charge is 0.548 e. The first kappa shape index (κ1) is 20.7. The van der Waals surface area contributed by atoms with Crippen LogP contribution in [0.2, 0.25) is 0 Å². The van der Waals surface area contributed by atoms with Crippen LogP contribution in [0.15, 0.2) is 0 Å². The fraction of sp³-hybridized carbons (Fsp3) is 0.929. The summed E-state index contributed by atoms with van der Waals surface area (Å²) < 4.78 is 10.5. The number of hydrogen-bond acceptors (Lipinski definition) is 4. The molecule has 1 unspecified atom stereocenters. The summed E-state index contributed by atoms with van der Waals surface area (Å²) in [5.74, 6) is -1.18. The van der Waals surface area contributed by atoms with Gasteiger partial charge >= 0.3 is 0 Å². The maximum absolute atomic E-state index is 9.36. The van der Waals surface area contributed by atoms with Gasteiger partial charge in [0, 0.05) is 14.2 Å². The summed E-state index contributed by atoms with van der Waals surface area (Å²) in [5.41, 5.74) is 0. The summed E-state index contributed by atoms with van der Waals surface area (Å²) in [6.45, 7) is 8.82. The first-order valence-corrected chi connectivity index (χ1v) is 6.97. The third kappa shape index (κ3) is 15.3. The van der Waals surface area contributed by atoms with Crippen molar-refractivity contribution in [3.8, 4) is 0 Å². The molecule has 0 aromatic heterocycles. The molecule has 0 aromatic rings. The van der Waals surface area contributed by atoms with Crippen LogP contribution in [-0.4, -0.2) is 64.6 Å². The Bertz CT molecular complexity index is 202. The first-order chi connectivity index (χ1) is 8.95. The van der Waals surface area contributed by atoms with Crippen molar-refractivity contribution in [3.05, 3.63) is 0 Å². The van der Waals surface area contributed by atoms with E-state index in [4.69, 9.17) is 4.74 Å². The van der Waals surface area contributed by atoms with Crippen molar-refractivity contribution >= 4 is 5.97 Å². The zero-order valence-corrected chi connectivity index (χ0v) is 13.2. The number of nitrogens with zero attached hydrogens (tertiary/aromatic N) is 1. The molecule has 5 heteroatoms. The molecule has 0 aliphatic rings. The zero-order valence-electron chi connectivity index (χ0n) is 13.2. The Morgan fingerprint density at radius 3 is 2.00 bits per heavy atom. The van der Waals surface area contributed by atoms with E-state index >= 15 is 0 Å². The summed E-state index contributed by atoms with van der Waals surface area (Å²) in [7, 11) is 5.43. The fourth-order valence-electron chi connectivity index (χ4n) is 1.84. The molecule has 0 aliphatic heterocycles. The molecule has 0 fully saturated rings. The number of unbranched alkanes of at least 4 members (excludes halogenated alkanes) is 1. The Morgan fingerprint density at radius 2 is 1.68 bits per heavy atom. The van der Waals surface area contributed by atoms with Gasteiger partial charge in [0.2, 0.25) is 0 Å². The van der Waals surface area contributed by atoms with Crippen LogP contribution in [0.1, 0.15) is 33.1 Å². The van der Waals surface area contributed by atoms with E-state index in [0.29, 0.717) is 0 Å². The lowest BCUT2D eigenvalue weighted by atomic mass is 10.2. The Hall–Kier alpha value is -0.650. The lowest BCUT2D eigenvalue weighted by Gasteiger charge is -2.34. The number of methoxy groups -OCH3 is 2. The smallest absolute Gasteiger partial charge is 0.102 e. The van der Waals surface area contributed by atoms with E-state index in [2.05, 4.69) is 25.6 Å². The summed E-state index contributed by atoms with van der Waals surface area (Å²) >= 11 is 0. The van der Waals surface area contributed by atoms with Crippen molar-refractivity contribution in [2.45, 2.75) is 33.1 Å². The van der Waals surface area contributed by atoms with Gasteiger partial charge in [-0.15, -0.1) is 0 Å². The van der Waals surface area contributed by atoms with Gasteiger partial charge in [-0.25, -0.2) is 0 Å². The summed E-state index contributed by atoms with van der Waals surface area (Å²) in [5, 5.41) is 9.36. The number of quaternary nitrogens is 1. The summed E-state index contributed by atoms with van der Waals surface area (Å²) in [6.07, 6.45) is 3.90. The second-order valence-corrected chi connectivity index (χ2v) is 4.94. The van der Waals surface area contributed by atoms with Crippen LogP contribution < -0.4 is 5.11 Å².